The maximum Gasteiger partial charge on any atom is 0.245 e. The molecule has 0 radical (unpaired) electrons. The van der Waals surface area contributed by atoms with Gasteiger partial charge in [0.25, 0.3) is 0 Å². The molecule has 4 aliphatic rings. The number of hydrogen-bond acceptors (Lipinski definition) is 7. The van der Waals surface area contributed by atoms with Crippen LogP contribution in [0.15, 0.2) is 30.3 Å². The highest BCUT2D eigenvalue weighted by molar-refractivity contribution is 5.99. The SMILES string of the molecule is C[C@H](CO)N1C(=O)[C@@H]2[C@H](C(=O)NCc3ccccc3)[C@]3(C)CCC2(O3)C1C(=O)NCCN1CCOCC1. The van der Waals surface area contributed by atoms with E-state index in [1.165, 1.54) is 4.90 Å². The third-order valence-electron chi connectivity index (χ3n) is 8.62. The first-order valence-electron chi connectivity index (χ1n) is 13.3. The van der Waals surface area contributed by atoms with Gasteiger partial charge in [-0.25, -0.2) is 0 Å². The van der Waals surface area contributed by atoms with Crippen LogP contribution in [0.4, 0.5) is 0 Å². The quantitative estimate of drug-likeness (QED) is 0.421. The minimum Gasteiger partial charge on any atom is -0.394 e. The summed E-state index contributed by atoms with van der Waals surface area (Å²) in [6.07, 6.45) is 1.09. The molecule has 10 heteroatoms. The number of aliphatic hydroxyl groups is 1. The van der Waals surface area contributed by atoms with E-state index in [0.717, 1.165) is 18.7 Å². The minimum absolute atomic E-state index is 0.240. The van der Waals surface area contributed by atoms with Gasteiger partial charge in [-0.1, -0.05) is 30.3 Å². The summed E-state index contributed by atoms with van der Waals surface area (Å²) in [5.74, 6) is -2.31. The zero-order chi connectivity index (χ0) is 26.2. The van der Waals surface area contributed by atoms with Gasteiger partial charge in [-0.3, -0.25) is 19.3 Å². The highest BCUT2D eigenvalue weighted by Gasteiger charge is 2.78. The Bertz CT molecular complexity index is 1020. The van der Waals surface area contributed by atoms with E-state index in [0.29, 0.717) is 45.7 Å². The van der Waals surface area contributed by atoms with Crippen LogP contribution >= 0.6 is 0 Å². The van der Waals surface area contributed by atoms with Crippen LogP contribution in [0.3, 0.4) is 0 Å². The molecule has 1 aromatic rings. The van der Waals surface area contributed by atoms with E-state index >= 15 is 0 Å². The van der Waals surface area contributed by atoms with Crippen molar-refractivity contribution in [1.29, 1.82) is 0 Å². The molecule has 202 valence electrons. The average molecular weight is 515 g/mol. The van der Waals surface area contributed by atoms with Crippen LogP contribution in [0.2, 0.25) is 0 Å². The monoisotopic (exact) mass is 514 g/mol. The lowest BCUT2D eigenvalue weighted by Crippen LogP contribution is -2.58. The summed E-state index contributed by atoms with van der Waals surface area (Å²) in [4.78, 5) is 44.8. The van der Waals surface area contributed by atoms with Gasteiger partial charge in [0.2, 0.25) is 17.7 Å². The van der Waals surface area contributed by atoms with Crippen molar-refractivity contribution in [2.24, 2.45) is 11.8 Å². The molecule has 0 aliphatic carbocycles. The third kappa shape index (κ3) is 4.54. The molecule has 4 fully saturated rings. The number of rotatable bonds is 9. The molecule has 37 heavy (non-hydrogen) atoms. The summed E-state index contributed by atoms with van der Waals surface area (Å²) in [5, 5.41) is 16.0. The van der Waals surface area contributed by atoms with Gasteiger partial charge in [-0.2, -0.15) is 0 Å². The van der Waals surface area contributed by atoms with Crippen LogP contribution in [0.1, 0.15) is 32.3 Å². The summed E-state index contributed by atoms with van der Waals surface area (Å²) in [5.41, 5.74) is -0.958. The highest BCUT2D eigenvalue weighted by atomic mass is 16.5. The molecular formula is C27H38N4O6. The lowest BCUT2D eigenvalue weighted by Gasteiger charge is -2.36. The van der Waals surface area contributed by atoms with E-state index in [2.05, 4.69) is 15.5 Å². The molecule has 0 saturated carbocycles. The van der Waals surface area contributed by atoms with Crippen LogP contribution in [0.5, 0.6) is 0 Å². The predicted molar refractivity (Wildman–Crippen MR) is 134 cm³/mol. The number of carbonyl (C=O) groups is 3. The van der Waals surface area contributed by atoms with Gasteiger partial charge in [0.05, 0.1) is 43.3 Å². The van der Waals surface area contributed by atoms with Crippen molar-refractivity contribution in [3.8, 4) is 0 Å². The Morgan fingerprint density at radius 2 is 1.86 bits per heavy atom. The zero-order valence-corrected chi connectivity index (χ0v) is 21.7. The Morgan fingerprint density at radius 1 is 1.14 bits per heavy atom. The van der Waals surface area contributed by atoms with Gasteiger partial charge in [-0.15, -0.1) is 0 Å². The molecule has 2 bridgehead atoms. The number of fused-ring (bicyclic) bond motifs is 1. The first-order valence-corrected chi connectivity index (χ1v) is 13.3. The summed E-state index contributed by atoms with van der Waals surface area (Å²) >= 11 is 0. The molecule has 4 saturated heterocycles. The minimum atomic E-state index is -1.09. The third-order valence-corrected chi connectivity index (χ3v) is 8.62. The Balaban J connectivity index is 1.36. The van der Waals surface area contributed by atoms with E-state index in [9.17, 15) is 19.5 Å². The van der Waals surface area contributed by atoms with E-state index in [4.69, 9.17) is 9.47 Å². The fourth-order valence-corrected chi connectivity index (χ4v) is 6.78. The molecule has 1 aromatic carbocycles. The molecule has 5 rings (SSSR count). The van der Waals surface area contributed by atoms with Crippen molar-refractivity contribution < 1.29 is 29.0 Å². The Hall–Kier alpha value is -2.53. The number of aliphatic hydroxyl groups excluding tert-OH is 1. The summed E-state index contributed by atoms with van der Waals surface area (Å²) < 4.78 is 12.0. The van der Waals surface area contributed by atoms with Crippen molar-refractivity contribution in [2.45, 2.75) is 56.5 Å². The smallest absolute Gasteiger partial charge is 0.245 e. The van der Waals surface area contributed by atoms with Crippen molar-refractivity contribution in [1.82, 2.24) is 20.4 Å². The van der Waals surface area contributed by atoms with E-state index < -0.39 is 35.1 Å². The Kier molecular flexibility index (Phi) is 7.28. The summed E-state index contributed by atoms with van der Waals surface area (Å²) in [7, 11) is 0. The van der Waals surface area contributed by atoms with Gasteiger partial charge in [0.15, 0.2) is 0 Å². The molecule has 3 amide bonds. The predicted octanol–water partition coefficient (Wildman–Crippen LogP) is -0.103. The second-order valence-corrected chi connectivity index (χ2v) is 11.0. The Morgan fingerprint density at radius 3 is 2.57 bits per heavy atom. The number of ether oxygens (including phenoxy) is 2. The largest absolute Gasteiger partial charge is 0.394 e. The first-order chi connectivity index (χ1) is 17.8. The molecule has 3 N–H and O–H groups in total. The van der Waals surface area contributed by atoms with E-state index in [-0.39, 0.29) is 24.3 Å². The summed E-state index contributed by atoms with van der Waals surface area (Å²) in [6, 6.07) is 8.13. The standard InChI is InChI=1S/C27H38N4O6/c1-18(17-32)31-22(24(34)28-10-11-30-12-14-36-15-13-30)27-9-8-26(2,37-27)20(21(27)25(31)35)23(33)29-16-19-6-4-3-5-7-19/h3-7,18,20-22,32H,8-17H2,1-2H3,(H,28,34)(H,29,33)/t18-,20-,21+,22?,26+,27?/m1/s1. The lowest BCUT2D eigenvalue weighted by molar-refractivity contribution is -0.149. The van der Waals surface area contributed by atoms with Gasteiger partial charge < -0.3 is 30.1 Å². The van der Waals surface area contributed by atoms with Crippen molar-refractivity contribution >= 4 is 17.7 Å². The molecule has 0 aromatic heterocycles. The second-order valence-electron chi connectivity index (χ2n) is 11.0. The van der Waals surface area contributed by atoms with E-state index in [1.807, 2.05) is 37.3 Å². The van der Waals surface area contributed by atoms with Crippen LogP contribution in [-0.4, -0.2) is 102 Å². The molecule has 1 spiro atoms. The van der Waals surface area contributed by atoms with Crippen molar-refractivity contribution in [3.63, 3.8) is 0 Å². The van der Waals surface area contributed by atoms with Gasteiger partial charge in [0.1, 0.15) is 11.6 Å². The molecule has 4 aliphatic heterocycles. The normalized spacial score (nSPS) is 33.9. The zero-order valence-electron chi connectivity index (χ0n) is 21.7. The Labute approximate surface area is 217 Å². The molecular weight excluding hydrogens is 476 g/mol. The fraction of sp³-hybridized carbons (Fsp3) is 0.667. The van der Waals surface area contributed by atoms with Crippen molar-refractivity contribution in [3.05, 3.63) is 35.9 Å². The number of morpholine rings is 1. The number of amides is 3. The van der Waals surface area contributed by atoms with Gasteiger partial charge in [0, 0.05) is 32.7 Å². The maximum atomic E-state index is 13.9. The van der Waals surface area contributed by atoms with Crippen LogP contribution in [-0.2, 0) is 30.4 Å². The lowest BCUT2D eigenvalue weighted by atomic mass is 9.66. The van der Waals surface area contributed by atoms with Crippen LogP contribution in [0, 0.1) is 11.8 Å². The van der Waals surface area contributed by atoms with E-state index in [1.54, 1.807) is 6.92 Å². The van der Waals surface area contributed by atoms with Crippen molar-refractivity contribution in [2.75, 3.05) is 46.0 Å². The summed E-state index contributed by atoms with van der Waals surface area (Å²) in [6.45, 7) is 7.79. The van der Waals surface area contributed by atoms with Gasteiger partial charge >= 0.3 is 0 Å². The molecule has 2 unspecified atom stereocenters. The topological polar surface area (TPSA) is 120 Å². The van der Waals surface area contributed by atoms with Gasteiger partial charge in [-0.05, 0) is 32.3 Å². The molecule has 4 heterocycles. The van der Waals surface area contributed by atoms with Crippen LogP contribution in [0.25, 0.3) is 0 Å². The molecule has 6 atom stereocenters. The number of hydrogen-bond donors (Lipinski definition) is 3. The van der Waals surface area contributed by atoms with Crippen LogP contribution < -0.4 is 10.6 Å². The number of carbonyl (C=O) groups excluding carboxylic acids is 3. The average Bonchev–Trinajstić information content (AvgIpc) is 3.48. The maximum absolute atomic E-state index is 13.9. The number of benzene rings is 1. The fourth-order valence-electron chi connectivity index (χ4n) is 6.78. The number of nitrogens with one attached hydrogen (secondary N) is 2. The second kappa shape index (κ2) is 10.3. The highest BCUT2D eigenvalue weighted by Crippen LogP contribution is 2.63. The molecule has 10 nitrogen and oxygen atoms in total. The number of nitrogens with zero attached hydrogens (tertiary/aromatic N) is 2. The first kappa shape index (κ1) is 26.1. The number of likely N-dealkylation sites (tertiary alicyclic amines) is 1.